The maximum atomic E-state index is 13.3. The molecule has 1 saturated carbocycles. The Hall–Kier alpha value is -1.42. The molecule has 2 nitrogen and oxygen atoms in total. The van der Waals surface area contributed by atoms with Crippen LogP contribution in [0.15, 0.2) is 36.4 Å². The predicted octanol–water partition coefficient (Wildman–Crippen LogP) is 5.31. The number of hydrogen-bond acceptors (Lipinski definition) is 2. The summed E-state index contributed by atoms with van der Waals surface area (Å²) < 4.78 is 32.2. The highest BCUT2D eigenvalue weighted by molar-refractivity contribution is 5.30. The molecule has 2 rings (SSSR count). The van der Waals surface area contributed by atoms with Gasteiger partial charge in [-0.15, -0.1) is 0 Å². The molecule has 4 heteroatoms. The minimum atomic E-state index is -2.85. The second-order valence-electron chi connectivity index (χ2n) is 6.92. The predicted molar refractivity (Wildman–Crippen MR) is 92.4 cm³/mol. The molecule has 1 N–H and O–H groups in total. The SMILES string of the molecule is CC(O)C[C@H]1CCCC1/C=C/CCOc1cccc(C(C)(F)F)c1. The van der Waals surface area contributed by atoms with Crippen LogP contribution in [-0.4, -0.2) is 17.8 Å². The molecule has 3 atom stereocenters. The molecule has 134 valence electrons. The van der Waals surface area contributed by atoms with Gasteiger partial charge in [0.25, 0.3) is 5.92 Å². The Kier molecular flexibility index (Phi) is 6.79. The van der Waals surface area contributed by atoms with Gasteiger partial charge in [-0.25, -0.2) is 8.78 Å². The summed E-state index contributed by atoms with van der Waals surface area (Å²) in [6.45, 7) is 3.21. The topological polar surface area (TPSA) is 29.5 Å². The molecule has 1 aliphatic carbocycles. The van der Waals surface area contributed by atoms with Crippen LogP contribution >= 0.6 is 0 Å². The number of halogens is 2. The highest BCUT2D eigenvalue weighted by Gasteiger charge is 2.26. The number of aliphatic hydroxyl groups excluding tert-OH is 1. The summed E-state index contributed by atoms with van der Waals surface area (Å²) >= 11 is 0. The van der Waals surface area contributed by atoms with Gasteiger partial charge in [0.1, 0.15) is 5.75 Å². The molecule has 1 aromatic rings. The maximum absolute atomic E-state index is 13.3. The highest BCUT2D eigenvalue weighted by Crippen LogP contribution is 2.36. The average Bonchev–Trinajstić information content (AvgIpc) is 2.93. The monoisotopic (exact) mass is 338 g/mol. The summed E-state index contributed by atoms with van der Waals surface area (Å²) in [4.78, 5) is 0. The largest absolute Gasteiger partial charge is 0.493 e. The molecule has 0 heterocycles. The Morgan fingerprint density at radius 3 is 2.88 bits per heavy atom. The van der Waals surface area contributed by atoms with Gasteiger partial charge in [0.15, 0.2) is 0 Å². The lowest BCUT2D eigenvalue weighted by Gasteiger charge is -2.17. The second kappa shape index (κ2) is 8.61. The van der Waals surface area contributed by atoms with Crippen LogP contribution in [0.2, 0.25) is 0 Å². The van der Waals surface area contributed by atoms with Gasteiger partial charge < -0.3 is 9.84 Å². The molecule has 0 saturated heterocycles. The van der Waals surface area contributed by atoms with Gasteiger partial charge in [-0.2, -0.15) is 0 Å². The zero-order valence-electron chi connectivity index (χ0n) is 14.6. The molecule has 1 aliphatic rings. The average molecular weight is 338 g/mol. The van der Waals surface area contributed by atoms with Gasteiger partial charge in [-0.05, 0) is 56.6 Å². The van der Waals surface area contributed by atoms with Crippen molar-refractivity contribution >= 4 is 0 Å². The van der Waals surface area contributed by atoms with Crippen LogP contribution in [0.5, 0.6) is 5.75 Å². The minimum Gasteiger partial charge on any atom is -0.493 e. The summed E-state index contributed by atoms with van der Waals surface area (Å²) in [7, 11) is 0. The Bertz CT molecular complexity index is 535. The van der Waals surface area contributed by atoms with E-state index in [0.717, 1.165) is 19.8 Å². The van der Waals surface area contributed by atoms with E-state index in [2.05, 4.69) is 12.2 Å². The third-order valence-corrected chi connectivity index (χ3v) is 4.64. The lowest BCUT2D eigenvalue weighted by atomic mass is 9.90. The van der Waals surface area contributed by atoms with E-state index in [9.17, 15) is 13.9 Å². The highest BCUT2D eigenvalue weighted by atomic mass is 19.3. The second-order valence-corrected chi connectivity index (χ2v) is 6.92. The molecule has 0 aromatic heterocycles. The van der Waals surface area contributed by atoms with Gasteiger partial charge in [0.05, 0.1) is 12.7 Å². The summed E-state index contributed by atoms with van der Waals surface area (Å²) in [6.07, 6.45) is 9.33. The maximum Gasteiger partial charge on any atom is 0.270 e. The van der Waals surface area contributed by atoms with E-state index in [-0.39, 0.29) is 11.7 Å². The van der Waals surface area contributed by atoms with Crippen molar-refractivity contribution in [2.75, 3.05) is 6.61 Å². The number of benzene rings is 1. The first-order valence-electron chi connectivity index (χ1n) is 8.82. The van der Waals surface area contributed by atoms with Crippen molar-refractivity contribution in [2.24, 2.45) is 11.8 Å². The fourth-order valence-electron chi connectivity index (χ4n) is 3.42. The first-order chi connectivity index (χ1) is 11.4. The van der Waals surface area contributed by atoms with Crippen molar-refractivity contribution in [3.63, 3.8) is 0 Å². The van der Waals surface area contributed by atoms with Crippen LogP contribution in [0.1, 0.15) is 51.5 Å². The van der Waals surface area contributed by atoms with Crippen LogP contribution in [0.3, 0.4) is 0 Å². The minimum absolute atomic E-state index is 0.0255. The van der Waals surface area contributed by atoms with Crippen molar-refractivity contribution in [3.8, 4) is 5.75 Å². The van der Waals surface area contributed by atoms with Crippen molar-refractivity contribution in [1.29, 1.82) is 0 Å². The number of rotatable bonds is 8. The summed E-state index contributed by atoms with van der Waals surface area (Å²) in [6, 6.07) is 6.11. The van der Waals surface area contributed by atoms with E-state index in [1.54, 1.807) is 12.1 Å². The lowest BCUT2D eigenvalue weighted by Crippen LogP contribution is -2.13. The summed E-state index contributed by atoms with van der Waals surface area (Å²) in [5, 5.41) is 9.55. The fourth-order valence-corrected chi connectivity index (χ4v) is 3.42. The molecule has 0 spiro atoms. The molecule has 1 aromatic carbocycles. The summed E-state index contributed by atoms with van der Waals surface area (Å²) in [5.41, 5.74) is -0.0255. The first kappa shape index (κ1) is 18.9. The molecule has 1 fully saturated rings. The molecular weight excluding hydrogens is 310 g/mol. The Labute approximate surface area is 143 Å². The van der Waals surface area contributed by atoms with Crippen LogP contribution in [0.25, 0.3) is 0 Å². The van der Waals surface area contributed by atoms with Crippen LogP contribution < -0.4 is 4.74 Å². The van der Waals surface area contributed by atoms with Crippen molar-refractivity contribution in [1.82, 2.24) is 0 Å². The molecule has 24 heavy (non-hydrogen) atoms. The number of aliphatic hydroxyl groups is 1. The van der Waals surface area contributed by atoms with E-state index in [0.29, 0.717) is 24.2 Å². The van der Waals surface area contributed by atoms with Gasteiger partial charge >= 0.3 is 0 Å². The number of allylic oxidation sites excluding steroid dienone is 1. The molecule has 0 radical (unpaired) electrons. The molecular formula is C20H28F2O2. The van der Waals surface area contributed by atoms with Gasteiger partial charge in [0.2, 0.25) is 0 Å². The van der Waals surface area contributed by atoms with E-state index in [4.69, 9.17) is 4.74 Å². The number of ether oxygens (including phenoxy) is 1. The third-order valence-electron chi connectivity index (χ3n) is 4.64. The Morgan fingerprint density at radius 2 is 2.17 bits per heavy atom. The number of alkyl halides is 2. The van der Waals surface area contributed by atoms with Crippen LogP contribution in [0.4, 0.5) is 8.78 Å². The Morgan fingerprint density at radius 1 is 1.38 bits per heavy atom. The van der Waals surface area contributed by atoms with E-state index in [1.807, 2.05) is 6.92 Å². The van der Waals surface area contributed by atoms with E-state index in [1.165, 1.54) is 31.4 Å². The van der Waals surface area contributed by atoms with E-state index < -0.39 is 5.92 Å². The van der Waals surface area contributed by atoms with Crippen molar-refractivity contribution in [3.05, 3.63) is 42.0 Å². The molecule has 0 amide bonds. The van der Waals surface area contributed by atoms with Crippen LogP contribution in [0, 0.1) is 11.8 Å². The van der Waals surface area contributed by atoms with Gasteiger partial charge in [-0.1, -0.05) is 30.7 Å². The van der Waals surface area contributed by atoms with Crippen LogP contribution in [-0.2, 0) is 5.92 Å². The number of hydrogen-bond donors (Lipinski definition) is 1. The molecule has 2 unspecified atom stereocenters. The Balaban J connectivity index is 1.76. The standard InChI is InChI=1S/C20H28F2O2/c1-15(23)13-17-9-5-8-16(17)7-3-4-12-24-19-11-6-10-18(14-19)20(2,21)22/h3,6-7,10-11,14-17,23H,4-5,8-9,12-13H2,1-2H3/b7-3+/t15?,16?,17-/m1/s1. The van der Waals surface area contributed by atoms with Gasteiger partial charge in [-0.3, -0.25) is 0 Å². The first-order valence-corrected chi connectivity index (χ1v) is 8.82. The fraction of sp³-hybridized carbons (Fsp3) is 0.600. The lowest BCUT2D eigenvalue weighted by molar-refractivity contribution is 0.0172. The zero-order chi connectivity index (χ0) is 17.6. The third kappa shape index (κ3) is 5.90. The molecule has 0 aliphatic heterocycles. The summed E-state index contributed by atoms with van der Waals surface area (Å²) in [5.74, 6) is -1.25. The van der Waals surface area contributed by atoms with Crippen molar-refractivity contribution < 1.29 is 18.6 Å². The van der Waals surface area contributed by atoms with Crippen molar-refractivity contribution in [2.45, 2.75) is 58.0 Å². The van der Waals surface area contributed by atoms with E-state index >= 15 is 0 Å². The molecule has 0 bridgehead atoms. The quantitative estimate of drug-likeness (QED) is 0.514. The normalized spacial score (nSPS) is 22.9. The van der Waals surface area contributed by atoms with Gasteiger partial charge in [0, 0.05) is 12.5 Å². The smallest absolute Gasteiger partial charge is 0.270 e. The zero-order valence-corrected chi connectivity index (χ0v) is 14.6.